The molecule has 0 atom stereocenters. The van der Waals surface area contributed by atoms with E-state index in [4.69, 9.17) is 9.47 Å². The van der Waals surface area contributed by atoms with Gasteiger partial charge in [-0.3, -0.25) is 4.79 Å². The van der Waals surface area contributed by atoms with Crippen molar-refractivity contribution in [3.63, 3.8) is 0 Å². The van der Waals surface area contributed by atoms with E-state index >= 15 is 0 Å². The molecule has 0 saturated carbocycles. The molecule has 4 aromatic rings. The molecule has 2 aromatic heterocycles. The number of nitrogens with zero attached hydrogens (tertiary/aromatic N) is 5. The van der Waals surface area contributed by atoms with Crippen LogP contribution in [0.1, 0.15) is 6.92 Å². The highest BCUT2D eigenvalue weighted by molar-refractivity contribution is 8.00. The first-order chi connectivity index (χ1) is 15.2. The minimum Gasteiger partial charge on any atom is -0.497 e. The highest BCUT2D eigenvalue weighted by Gasteiger charge is 2.15. The van der Waals surface area contributed by atoms with E-state index in [-0.39, 0.29) is 11.7 Å². The Morgan fingerprint density at radius 2 is 2.03 bits per heavy atom. The average Bonchev–Trinajstić information content (AvgIpc) is 3.24. The molecule has 31 heavy (non-hydrogen) atoms. The molecular weight excluding hydrogens is 416 g/mol. The Kier molecular flexibility index (Phi) is 6.27. The van der Waals surface area contributed by atoms with Gasteiger partial charge in [0.15, 0.2) is 11.2 Å². The van der Waals surface area contributed by atoms with E-state index in [9.17, 15) is 4.79 Å². The molecule has 0 unspecified atom stereocenters. The number of amides is 1. The minimum atomic E-state index is -0.177. The summed E-state index contributed by atoms with van der Waals surface area (Å²) in [6.07, 6.45) is 1.44. The summed E-state index contributed by atoms with van der Waals surface area (Å²) in [7, 11) is 1.60. The molecule has 0 fully saturated rings. The number of anilines is 1. The molecule has 158 valence electrons. The van der Waals surface area contributed by atoms with E-state index in [1.165, 1.54) is 18.1 Å². The molecule has 0 aliphatic heterocycles. The minimum absolute atomic E-state index is 0.151. The topological polar surface area (TPSA) is 104 Å². The fraction of sp³-hybridized carbons (Fsp3) is 0.190. The molecule has 9 nitrogen and oxygen atoms in total. The SMILES string of the molecule is CCOc1ccccc1NC(=O)CSc1ncnc2c1nnn2-c1cccc(OC)c1. The number of hydrogen-bond acceptors (Lipinski definition) is 8. The number of fused-ring (bicyclic) bond motifs is 1. The zero-order valence-electron chi connectivity index (χ0n) is 17.0. The number of methoxy groups -OCH3 is 1. The van der Waals surface area contributed by atoms with Crippen LogP contribution in [0.4, 0.5) is 5.69 Å². The van der Waals surface area contributed by atoms with Crippen LogP contribution in [0.3, 0.4) is 0 Å². The van der Waals surface area contributed by atoms with E-state index in [1.807, 2.05) is 49.4 Å². The summed E-state index contributed by atoms with van der Waals surface area (Å²) in [4.78, 5) is 21.1. The summed E-state index contributed by atoms with van der Waals surface area (Å²) in [5, 5.41) is 11.9. The van der Waals surface area contributed by atoms with Gasteiger partial charge in [-0.1, -0.05) is 35.2 Å². The van der Waals surface area contributed by atoms with E-state index in [2.05, 4.69) is 25.6 Å². The maximum absolute atomic E-state index is 12.5. The summed E-state index contributed by atoms with van der Waals surface area (Å²) in [6, 6.07) is 14.8. The van der Waals surface area contributed by atoms with Gasteiger partial charge in [0, 0.05) is 6.07 Å². The fourth-order valence-electron chi connectivity index (χ4n) is 2.92. The van der Waals surface area contributed by atoms with E-state index < -0.39 is 0 Å². The number of ether oxygens (including phenoxy) is 2. The number of para-hydroxylation sites is 2. The third-order valence-corrected chi connectivity index (χ3v) is 5.28. The zero-order chi connectivity index (χ0) is 21.6. The van der Waals surface area contributed by atoms with Gasteiger partial charge in [0.05, 0.1) is 30.8 Å². The summed E-state index contributed by atoms with van der Waals surface area (Å²) >= 11 is 1.27. The molecule has 0 bridgehead atoms. The first-order valence-corrected chi connectivity index (χ1v) is 10.5. The van der Waals surface area contributed by atoms with Crippen LogP contribution in [0, 0.1) is 0 Å². The summed E-state index contributed by atoms with van der Waals surface area (Å²) < 4.78 is 12.4. The van der Waals surface area contributed by atoms with Crippen molar-refractivity contribution in [1.29, 1.82) is 0 Å². The Balaban J connectivity index is 1.51. The van der Waals surface area contributed by atoms with Crippen molar-refractivity contribution in [1.82, 2.24) is 25.0 Å². The van der Waals surface area contributed by atoms with Crippen molar-refractivity contribution < 1.29 is 14.3 Å². The number of aromatic nitrogens is 5. The van der Waals surface area contributed by atoms with Gasteiger partial charge in [0.25, 0.3) is 0 Å². The number of rotatable bonds is 8. The van der Waals surface area contributed by atoms with Crippen LogP contribution in [-0.2, 0) is 4.79 Å². The maximum atomic E-state index is 12.5. The molecule has 10 heteroatoms. The van der Waals surface area contributed by atoms with Crippen molar-refractivity contribution in [2.75, 3.05) is 24.8 Å². The predicted octanol–water partition coefficient (Wildman–Crippen LogP) is 3.35. The first kappa shape index (κ1) is 20.6. The molecule has 4 rings (SSSR count). The molecule has 1 amide bonds. The van der Waals surface area contributed by atoms with Crippen LogP contribution in [0.2, 0.25) is 0 Å². The van der Waals surface area contributed by atoms with Gasteiger partial charge in [0.2, 0.25) is 5.91 Å². The Morgan fingerprint density at radius 1 is 1.16 bits per heavy atom. The lowest BCUT2D eigenvalue weighted by molar-refractivity contribution is -0.113. The van der Waals surface area contributed by atoms with Crippen molar-refractivity contribution in [3.05, 3.63) is 54.9 Å². The van der Waals surface area contributed by atoms with Gasteiger partial charge < -0.3 is 14.8 Å². The Morgan fingerprint density at radius 3 is 2.87 bits per heavy atom. The molecular formula is C21H20N6O3S. The van der Waals surface area contributed by atoms with Crippen LogP contribution in [0.15, 0.2) is 59.9 Å². The quantitative estimate of drug-likeness (QED) is 0.331. The third-order valence-electron chi connectivity index (χ3n) is 4.30. The second-order valence-electron chi connectivity index (χ2n) is 6.32. The first-order valence-electron chi connectivity index (χ1n) is 9.55. The van der Waals surface area contributed by atoms with Crippen molar-refractivity contribution in [2.24, 2.45) is 0 Å². The Bertz CT molecular complexity index is 1210. The third kappa shape index (κ3) is 4.58. The van der Waals surface area contributed by atoms with Gasteiger partial charge >= 0.3 is 0 Å². The maximum Gasteiger partial charge on any atom is 0.234 e. The Hall–Kier alpha value is -3.66. The van der Waals surface area contributed by atoms with Crippen LogP contribution in [0.25, 0.3) is 16.9 Å². The average molecular weight is 436 g/mol. The molecule has 1 N–H and O–H groups in total. The van der Waals surface area contributed by atoms with Crippen LogP contribution in [-0.4, -0.2) is 50.3 Å². The summed E-state index contributed by atoms with van der Waals surface area (Å²) in [6.45, 7) is 2.41. The zero-order valence-corrected chi connectivity index (χ0v) is 17.8. The lowest BCUT2D eigenvalue weighted by atomic mass is 10.3. The Labute approximate surface area is 182 Å². The smallest absolute Gasteiger partial charge is 0.234 e. The van der Waals surface area contributed by atoms with Crippen molar-refractivity contribution >= 4 is 34.5 Å². The normalized spacial score (nSPS) is 10.8. The van der Waals surface area contributed by atoms with Gasteiger partial charge in [0.1, 0.15) is 22.9 Å². The highest BCUT2D eigenvalue weighted by atomic mass is 32.2. The predicted molar refractivity (Wildman–Crippen MR) is 118 cm³/mol. The monoisotopic (exact) mass is 436 g/mol. The second kappa shape index (κ2) is 9.43. The van der Waals surface area contributed by atoms with Crippen molar-refractivity contribution in [2.45, 2.75) is 11.9 Å². The summed E-state index contributed by atoms with van der Waals surface area (Å²) in [5.41, 5.74) is 2.47. The molecule has 0 spiro atoms. The van der Waals surface area contributed by atoms with Gasteiger partial charge in [-0.15, -0.1) is 5.10 Å². The number of nitrogens with one attached hydrogen (secondary N) is 1. The molecule has 0 aliphatic carbocycles. The number of hydrogen-bond donors (Lipinski definition) is 1. The number of carbonyl (C=O) groups is 1. The molecule has 0 radical (unpaired) electrons. The van der Waals surface area contributed by atoms with Gasteiger partial charge in [-0.2, -0.15) is 4.68 Å². The largest absolute Gasteiger partial charge is 0.497 e. The highest BCUT2D eigenvalue weighted by Crippen LogP contribution is 2.27. The van der Waals surface area contributed by atoms with Crippen LogP contribution in [0.5, 0.6) is 11.5 Å². The van der Waals surface area contributed by atoms with Gasteiger partial charge in [-0.25, -0.2) is 9.97 Å². The lowest BCUT2D eigenvalue weighted by Gasteiger charge is -2.11. The molecule has 2 aromatic carbocycles. The van der Waals surface area contributed by atoms with Gasteiger partial charge in [-0.05, 0) is 31.2 Å². The van der Waals surface area contributed by atoms with E-state index in [1.54, 1.807) is 17.9 Å². The van der Waals surface area contributed by atoms with E-state index in [0.29, 0.717) is 40.0 Å². The molecule has 0 aliphatic rings. The summed E-state index contributed by atoms with van der Waals surface area (Å²) in [5.74, 6) is 1.31. The van der Waals surface area contributed by atoms with Crippen molar-refractivity contribution in [3.8, 4) is 17.2 Å². The lowest BCUT2D eigenvalue weighted by Crippen LogP contribution is -2.15. The number of thioether (sulfide) groups is 1. The number of benzene rings is 2. The van der Waals surface area contributed by atoms with E-state index in [0.717, 1.165) is 5.69 Å². The fourth-order valence-corrected chi connectivity index (χ4v) is 3.65. The van der Waals surface area contributed by atoms with Crippen LogP contribution < -0.4 is 14.8 Å². The molecule has 0 saturated heterocycles. The number of carbonyl (C=O) groups excluding carboxylic acids is 1. The van der Waals surface area contributed by atoms with Crippen LogP contribution >= 0.6 is 11.8 Å². The molecule has 2 heterocycles. The second-order valence-corrected chi connectivity index (χ2v) is 7.28. The standard InChI is InChI=1S/C21H20N6O3S/c1-3-30-17-10-5-4-9-16(17)24-18(28)12-31-21-19-20(22-13-23-21)27(26-25-19)14-7-6-8-15(11-14)29-2/h4-11,13H,3,12H2,1-2H3,(H,24,28).